The highest BCUT2D eigenvalue weighted by Gasteiger charge is 2.36. The molecule has 0 aromatic carbocycles. The van der Waals surface area contributed by atoms with E-state index in [0.717, 1.165) is 19.5 Å². The van der Waals surface area contributed by atoms with Gasteiger partial charge in [-0.1, -0.05) is 26.2 Å². The Hall–Kier alpha value is -0.570. The van der Waals surface area contributed by atoms with E-state index in [-0.39, 0.29) is 6.04 Å². The standard InChI is InChI=1S/C15H27NO2/c1-2-13(12-14(17)18)16-10-8-15(9-11-16)6-4-3-5-7-15/h13H,2-12H2,1H3,(H,17,18). The molecule has 1 aliphatic carbocycles. The minimum atomic E-state index is -0.653. The molecule has 1 aliphatic heterocycles. The fourth-order valence-corrected chi connectivity index (χ4v) is 3.90. The minimum absolute atomic E-state index is 0.253. The summed E-state index contributed by atoms with van der Waals surface area (Å²) in [5.74, 6) is -0.653. The summed E-state index contributed by atoms with van der Waals surface area (Å²) in [5, 5.41) is 8.96. The summed E-state index contributed by atoms with van der Waals surface area (Å²) in [6, 6.07) is 0.253. The molecule has 1 saturated carbocycles. The molecule has 1 spiro atoms. The predicted molar refractivity (Wildman–Crippen MR) is 72.7 cm³/mol. The third kappa shape index (κ3) is 3.25. The molecule has 3 heteroatoms. The molecule has 1 atom stereocenters. The fourth-order valence-electron chi connectivity index (χ4n) is 3.90. The average molecular weight is 253 g/mol. The molecule has 1 unspecified atom stereocenters. The van der Waals surface area contributed by atoms with Crippen LogP contribution in [0.4, 0.5) is 0 Å². The van der Waals surface area contributed by atoms with Crippen LogP contribution < -0.4 is 0 Å². The van der Waals surface area contributed by atoms with Crippen molar-refractivity contribution in [3.8, 4) is 0 Å². The van der Waals surface area contributed by atoms with Crippen LogP contribution in [0, 0.1) is 5.41 Å². The Morgan fingerprint density at radius 1 is 1.17 bits per heavy atom. The first kappa shape index (κ1) is 13.9. The Morgan fingerprint density at radius 2 is 1.78 bits per heavy atom. The van der Waals surface area contributed by atoms with Crippen molar-refractivity contribution in [1.29, 1.82) is 0 Å². The molecule has 1 saturated heterocycles. The van der Waals surface area contributed by atoms with Crippen LogP contribution in [0.15, 0.2) is 0 Å². The molecule has 3 nitrogen and oxygen atoms in total. The van der Waals surface area contributed by atoms with Gasteiger partial charge in [0.05, 0.1) is 6.42 Å². The van der Waals surface area contributed by atoms with E-state index in [9.17, 15) is 4.79 Å². The first-order valence-electron chi connectivity index (χ1n) is 7.61. The number of nitrogens with zero attached hydrogens (tertiary/aromatic N) is 1. The maximum Gasteiger partial charge on any atom is 0.304 e. The van der Waals surface area contributed by atoms with E-state index in [0.29, 0.717) is 11.8 Å². The Kier molecular flexibility index (Phi) is 4.66. The van der Waals surface area contributed by atoms with Crippen LogP contribution in [-0.4, -0.2) is 35.1 Å². The highest BCUT2D eigenvalue weighted by molar-refractivity contribution is 5.67. The van der Waals surface area contributed by atoms with E-state index in [1.807, 2.05) is 0 Å². The molecule has 0 aromatic rings. The van der Waals surface area contributed by atoms with E-state index in [2.05, 4.69) is 11.8 Å². The minimum Gasteiger partial charge on any atom is -0.481 e. The summed E-state index contributed by atoms with van der Waals surface area (Å²) in [6.45, 7) is 4.34. The summed E-state index contributed by atoms with van der Waals surface area (Å²) in [4.78, 5) is 13.3. The Bertz CT molecular complexity index is 274. The van der Waals surface area contributed by atoms with Crippen molar-refractivity contribution in [3.63, 3.8) is 0 Å². The number of carboxylic acid groups (broad SMARTS) is 1. The van der Waals surface area contributed by atoms with Crippen LogP contribution in [-0.2, 0) is 4.79 Å². The van der Waals surface area contributed by atoms with Crippen molar-refractivity contribution in [3.05, 3.63) is 0 Å². The van der Waals surface area contributed by atoms with Gasteiger partial charge in [-0.25, -0.2) is 0 Å². The van der Waals surface area contributed by atoms with Crippen LogP contribution in [0.5, 0.6) is 0 Å². The molecular formula is C15H27NO2. The Morgan fingerprint density at radius 3 is 2.28 bits per heavy atom. The van der Waals surface area contributed by atoms with Crippen LogP contribution in [0.2, 0.25) is 0 Å². The van der Waals surface area contributed by atoms with Crippen molar-refractivity contribution in [2.45, 2.75) is 70.8 Å². The van der Waals surface area contributed by atoms with Crippen molar-refractivity contribution >= 4 is 5.97 Å². The lowest BCUT2D eigenvalue weighted by molar-refractivity contribution is -0.138. The summed E-state index contributed by atoms with van der Waals surface area (Å²) in [5.41, 5.74) is 0.621. The SMILES string of the molecule is CCC(CC(=O)O)N1CCC2(CCCCC2)CC1. The van der Waals surface area contributed by atoms with Gasteiger partial charge in [0.2, 0.25) is 0 Å². The number of likely N-dealkylation sites (tertiary alicyclic amines) is 1. The Labute approximate surface area is 111 Å². The molecule has 0 radical (unpaired) electrons. The smallest absolute Gasteiger partial charge is 0.304 e. The molecular weight excluding hydrogens is 226 g/mol. The van der Waals surface area contributed by atoms with Gasteiger partial charge >= 0.3 is 5.97 Å². The zero-order chi connectivity index (χ0) is 13.0. The highest BCUT2D eigenvalue weighted by Crippen LogP contribution is 2.44. The number of rotatable bonds is 4. The molecule has 0 bridgehead atoms. The number of carboxylic acids is 1. The maximum absolute atomic E-state index is 10.9. The summed E-state index contributed by atoms with van der Waals surface area (Å²) in [7, 11) is 0. The molecule has 1 heterocycles. The predicted octanol–water partition coefficient (Wildman–Crippen LogP) is 3.29. The molecule has 0 amide bonds. The van der Waals surface area contributed by atoms with E-state index in [1.165, 1.54) is 44.9 Å². The lowest BCUT2D eigenvalue weighted by Crippen LogP contribution is -2.46. The van der Waals surface area contributed by atoms with Gasteiger partial charge in [-0.2, -0.15) is 0 Å². The zero-order valence-corrected chi connectivity index (χ0v) is 11.7. The number of piperidine rings is 1. The highest BCUT2D eigenvalue weighted by atomic mass is 16.4. The second-order valence-electron chi connectivity index (χ2n) is 6.26. The van der Waals surface area contributed by atoms with Gasteiger partial charge < -0.3 is 5.11 Å². The average Bonchev–Trinajstić information content (AvgIpc) is 2.38. The number of aliphatic carboxylic acids is 1. The summed E-state index contributed by atoms with van der Waals surface area (Å²) in [6.07, 6.45) is 10.9. The van der Waals surface area contributed by atoms with E-state index in [4.69, 9.17) is 5.11 Å². The largest absolute Gasteiger partial charge is 0.481 e. The van der Waals surface area contributed by atoms with E-state index >= 15 is 0 Å². The second-order valence-corrected chi connectivity index (χ2v) is 6.26. The first-order valence-corrected chi connectivity index (χ1v) is 7.61. The van der Waals surface area contributed by atoms with Crippen LogP contribution in [0.1, 0.15) is 64.7 Å². The molecule has 104 valence electrons. The molecule has 2 rings (SSSR count). The van der Waals surface area contributed by atoms with Gasteiger partial charge in [-0.05, 0) is 50.6 Å². The topological polar surface area (TPSA) is 40.5 Å². The maximum atomic E-state index is 10.9. The molecule has 1 N–H and O–H groups in total. The van der Waals surface area contributed by atoms with Gasteiger partial charge in [0.1, 0.15) is 0 Å². The van der Waals surface area contributed by atoms with Crippen LogP contribution >= 0.6 is 0 Å². The Balaban J connectivity index is 1.86. The number of hydrogen-bond acceptors (Lipinski definition) is 2. The number of carbonyl (C=O) groups is 1. The van der Waals surface area contributed by atoms with Crippen molar-refractivity contribution in [2.24, 2.45) is 5.41 Å². The normalized spacial score (nSPS) is 26.1. The third-order valence-electron chi connectivity index (χ3n) is 5.17. The fraction of sp³-hybridized carbons (Fsp3) is 0.933. The monoisotopic (exact) mass is 253 g/mol. The second kappa shape index (κ2) is 6.05. The van der Waals surface area contributed by atoms with E-state index < -0.39 is 5.97 Å². The van der Waals surface area contributed by atoms with Crippen molar-refractivity contribution in [2.75, 3.05) is 13.1 Å². The molecule has 0 aromatic heterocycles. The van der Waals surface area contributed by atoms with Gasteiger partial charge in [0.25, 0.3) is 0 Å². The van der Waals surface area contributed by atoms with Gasteiger partial charge in [0, 0.05) is 6.04 Å². The lowest BCUT2D eigenvalue weighted by atomic mass is 9.68. The van der Waals surface area contributed by atoms with E-state index in [1.54, 1.807) is 0 Å². The van der Waals surface area contributed by atoms with Crippen LogP contribution in [0.3, 0.4) is 0 Å². The van der Waals surface area contributed by atoms with Crippen LogP contribution in [0.25, 0.3) is 0 Å². The number of hydrogen-bond donors (Lipinski definition) is 1. The quantitative estimate of drug-likeness (QED) is 0.836. The molecule has 2 aliphatic rings. The third-order valence-corrected chi connectivity index (χ3v) is 5.17. The zero-order valence-electron chi connectivity index (χ0n) is 11.7. The van der Waals surface area contributed by atoms with Crippen molar-refractivity contribution < 1.29 is 9.90 Å². The lowest BCUT2D eigenvalue weighted by Gasteiger charge is -2.46. The molecule has 18 heavy (non-hydrogen) atoms. The van der Waals surface area contributed by atoms with Gasteiger partial charge in [0.15, 0.2) is 0 Å². The van der Waals surface area contributed by atoms with Crippen molar-refractivity contribution in [1.82, 2.24) is 4.90 Å². The molecule has 2 fully saturated rings. The van der Waals surface area contributed by atoms with Gasteiger partial charge in [-0.15, -0.1) is 0 Å². The van der Waals surface area contributed by atoms with Gasteiger partial charge in [-0.3, -0.25) is 9.69 Å². The first-order chi connectivity index (χ1) is 8.65. The summed E-state index contributed by atoms with van der Waals surface area (Å²) >= 11 is 0. The summed E-state index contributed by atoms with van der Waals surface area (Å²) < 4.78 is 0.